The van der Waals surface area contributed by atoms with E-state index in [0.717, 1.165) is 29.3 Å². The van der Waals surface area contributed by atoms with Crippen molar-refractivity contribution >= 4 is 27.8 Å². The SMILES string of the molecule is COC(=O)CCCNC(=O)C1(c2ccc(Br)cc2)CCC1. The van der Waals surface area contributed by atoms with Gasteiger partial charge in [-0.2, -0.15) is 0 Å². The summed E-state index contributed by atoms with van der Waals surface area (Å²) in [4.78, 5) is 23.5. The maximum Gasteiger partial charge on any atom is 0.305 e. The molecule has 0 spiro atoms. The van der Waals surface area contributed by atoms with Gasteiger partial charge < -0.3 is 10.1 Å². The lowest BCUT2D eigenvalue weighted by molar-refractivity contribution is -0.141. The minimum Gasteiger partial charge on any atom is -0.469 e. The Bertz CT molecular complexity index is 509. The molecule has 1 aromatic carbocycles. The highest BCUT2D eigenvalue weighted by Crippen LogP contribution is 2.44. The number of hydrogen-bond donors (Lipinski definition) is 1. The quantitative estimate of drug-likeness (QED) is 0.631. The van der Waals surface area contributed by atoms with E-state index in [4.69, 9.17) is 0 Å². The monoisotopic (exact) mass is 353 g/mol. The topological polar surface area (TPSA) is 55.4 Å². The summed E-state index contributed by atoms with van der Waals surface area (Å²) in [5.74, 6) is -0.170. The number of benzene rings is 1. The van der Waals surface area contributed by atoms with Gasteiger partial charge in [-0.15, -0.1) is 0 Å². The van der Waals surface area contributed by atoms with Crippen molar-refractivity contribution in [3.8, 4) is 0 Å². The van der Waals surface area contributed by atoms with Gasteiger partial charge in [0.05, 0.1) is 12.5 Å². The fraction of sp³-hybridized carbons (Fsp3) is 0.500. The highest BCUT2D eigenvalue weighted by molar-refractivity contribution is 9.10. The summed E-state index contributed by atoms with van der Waals surface area (Å²) in [5.41, 5.74) is 0.689. The molecule has 114 valence electrons. The largest absolute Gasteiger partial charge is 0.469 e. The van der Waals surface area contributed by atoms with Gasteiger partial charge in [-0.3, -0.25) is 9.59 Å². The summed E-state index contributed by atoms with van der Waals surface area (Å²) in [6, 6.07) is 7.97. The maximum atomic E-state index is 12.5. The number of rotatable bonds is 6. The molecule has 1 aliphatic carbocycles. The molecule has 5 heteroatoms. The highest BCUT2D eigenvalue weighted by atomic mass is 79.9. The smallest absolute Gasteiger partial charge is 0.305 e. The molecular formula is C16H20BrNO3. The molecule has 1 aromatic rings. The van der Waals surface area contributed by atoms with Crippen LogP contribution in [0.4, 0.5) is 0 Å². The molecule has 1 aliphatic rings. The van der Waals surface area contributed by atoms with Gasteiger partial charge in [-0.1, -0.05) is 34.5 Å². The van der Waals surface area contributed by atoms with Crippen LogP contribution >= 0.6 is 15.9 Å². The maximum absolute atomic E-state index is 12.5. The van der Waals surface area contributed by atoms with Crippen molar-refractivity contribution in [2.45, 2.75) is 37.5 Å². The summed E-state index contributed by atoms with van der Waals surface area (Å²) >= 11 is 3.42. The summed E-state index contributed by atoms with van der Waals surface area (Å²) in [6.07, 6.45) is 3.79. The normalized spacial score (nSPS) is 15.9. The summed E-state index contributed by atoms with van der Waals surface area (Å²) in [7, 11) is 1.37. The van der Waals surface area contributed by atoms with Crippen LogP contribution in [-0.4, -0.2) is 25.5 Å². The first-order chi connectivity index (χ1) is 10.1. The molecule has 21 heavy (non-hydrogen) atoms. The third-order valence-electron chi connectivity index (χ3n) is 4.11. The molecule has 1 saturated carbocycles. The lowest BCUT2D eigenvalue weighted by atomic mass is 9.64. The molecule has 0 unspecified atom stereocenters. The third-order valence-corrected chi connectivity index (χ3v) is 4.64. The van der Waals surface area contributed by atoms with Crippen molar-refractivity contribution < 1.29 is 14.3 Å². The van der Waals surface area contributed by atoms with Gasteiger partial charge in [0.1, 0.15) is 0 Å². The highest BCUT2D eigenvalue weighted by Gasteiger charge is 2.45. The van der Waals surface area contributed by atoms with Crippen LogP contribution in [0.3, 0.4) is 0 Å². The number of hydrogen-bond acceptors (Lipinski definition) is 3. The molecular weight excluding hydrogens is 334 g/mol. The van der Waals surface area contributed by atoms with Crippen molar-refractivity contribution in [2.24, 2.45) is 0 Å². The summed E-state index contributed by atoms with van der Waals surface area (Å²) < 4.78 is 5.59. The van der Waals surface area contributed by atoms with Gasteiger partial charge in [0.2, 0.25) is 5.91 Å². The number of nitrogens with one attached hydrogen (secondary N) is 1. The van der Waals surface area contributed by atoms with E-state index in [1.54, 1.807) is 0 Å². The molecule has 0 aliphatic heterocycles. The first kappa shape index (κ1) is 16.0. The molecule has 0 bridgehead atoms. The summed E-state index contributed by atoms with van der Waals surface area (Å²) in [6.45, 7) is 0.506. The minimum absolute atomic E-state index is 0.0703. The van der Waals surface area contributed by atoms with Crippen LogP contribution < -0.4 is 5.32 Å². The van der Waals surface area contributed by atoms with Gasteiger partial charge in [-0.05, 0) is 37.0 Å². The van der Waals surface area contributed by atoms with Crippen LogP contribution in [0.5, 0.6) is 0 Å². The standard InChI is InChI=1S/C16H20BrNO3/c1-21-14(19)4-2-11-18-15(20)16(9-3-10-16)12-5-7-13(17)8-6-12/h5-8H,2-4,9-11H2,1H3,(H,18,20). The third kappa shape index (κ3) is 3.64. The van der Waals surface area contributed by atoms with Crippen LogP contribution in [0.25, 0.3) is 0 Å². The molecule has 0 heterocycles. The fourth-order valence-corrected chi connectivity index (χ4v) is 2.92. The molecule has 0 saturated heterocycles. The van der Waals surface area contributed by atoms with Crippen molar-refractivity contribution in [1.82, 2.24) is 5.32 Å². The lowest BCUT2D eigenvalue weighted by Gasteiger charge is -2.40. The Labute approximate surface area is 133 Å². The van der Waals surface area contributed by atoms with Crippen molar-refractivity contribution in [1.29, 1.82) is 0 Å². The molecule has 1 N–H and O–H groups in total. The van der Waals surface area contributed by atoms with Gasteiger partial charge in [0.25, 0.3) is 0 Å². The average molecular weight is 354 g/mol. The Balaban J connectivity index is 1.92. The van der Waals surface area contributed by atoms with Crippen LogP contribution in [0.2, 0.25) is 0 Å². The molecule has 0 radical (unpaired) electrons. The number of esters is 1. The zero-order valence-electron chi connectivity index (χ0n) is 12.2. The predicted octanol–water partition coefficient (Wildman–Crippen LogP) is 2.94. The van der Waals surface area contributed by atoms with Crippen LogP contribution in [0, 0.1) is 0 Å². The number of halogens is 1. The van der Waals surface area contributed by atoms with Crippen LogP contribution in [0.1, 0.15) is 37.7 Å². The van der Waals surface area contributed by atoms with Gasteiger partial charge in [-0.25, -0.2) is 0 Å². The van der Waals surface area contributed by atoms with E-state index in [9.17, 15) is 9.59 Å². The van der Waals surface area contributed by atoms with E-state index in [1.165, 1.54) is 7.11 Å². The predicted molar refractivity (Wildman–Crippen MR) is 83.9 cm³/mol. The number of carbonyl (C=O) groups is 2. The van der Waals surface area contributed by atoms with E-state index in [0.29, 0.717) is 19.4 Å². The van der Waals surface area contributed by atoms with E-state index >= 15 is 0 Å². The first-order valence-corrected chi connectivity index (χ1v) is 7.99. The number of methoxy groups -OCH3 is 1. The Morgan fingerprint density at radius 3 is 2.48 bits per heavy atom. The van der Waals surface area contributed by atoms with Gasteiger partial charge in [0, 0.05) is 17.4 Å². The second kappa shape index (κ2) is 7.07. The van der Waals surface area contributed by atoms with Crippen molar-refractivity contribution in [2.75, 3.05) is 13.7 Å². The van der Waals surface area contributed by atoms with Crippen LogP contribution in [0.15, 0.2) is 28.7 Å². The van der Waals surface area contributed by atoms with E-state index in [-0.39, 0.29) is 17.3 Å². The molecule has 2 rings (SSSR count). The zero-order chi connectivity index (χ0) is 15.3. The van der Waals surface area contributed by atoms with E-state index in [1.807, 2.05) is 24.3 Å². The molecule has 1 amide bonds. The van der Waals surface area contributed by atoms with Gasteiger partial charge >= 0.3 is 5.97 Å². The molecule has 0 atom stereocenters. The first-order valence-electron chi connectivity index (χ1n) is 7.20. The number of carbonyl (C=O) groups excluding carboxylic acids is 2. The zero-order valence-corrected chi connectivity index (χ0v) is 13.7. The molecule has 1 fully saturated rings. The summed E-state index contributed by atoms with van der Waals surface area (Å²) in [5, 5.41) is 2.96. The van der Waals surface area contributed by atoms with Crippen molar-refractivity contribution in [3.63, 3.8) is 0 Å². The Hall–Kier alpha value is -1.36. The molecule has 0 aromatic heterocycles. The van der Waals surface area contributed by atoms with Crippen LogP contribution in [-0.2, 0) is 19.7 Å². The Kier molecular flexibility index (Phi) is 5.39. The van der Waals surface area contributed by atoms with E-state index < -0.39 is 0 Å². The molecule has 4 nitrogen and oxygen atoms in total. The lowest BCUT2D eigenvalue weighted by Crippen LogP contribution is -2.49. The fourth-order valence-electron chi connectivity index (χ4n) is 2.65. The van der Waals surface area contributed by atoms with E-state index in [2.05, 4.69) is 26.0 Å². The second-order valence-electron chi connectivity index (χ2n) is 5.38. The minimum atomic E-state index is -0.383. The average Bonchev–Trinajstić information content (AvgIpc) is 2.44. The van der Waals surface area contributed by atoms with Gasteiger partial charge in [0.15, 0.2) is 0 Å². The Morgan fingerprint density at radius 1 is 1.29 bits per heavy atom. The van der Waals surface area contributed by atoms with Crippen molar-refractivity contribution in [3.05, 3.63) is 34.3 Å². The Morgan fingerprint density at radius 2 is 1.95 bits per heavy atom. The second-order valence-corrected chi connectivity index (χ2v) is 6.29. The number of amides is 1. The number of ether oxygens (including phenoxy) is 1.